The van der Waals surface area contributed by atoms with E-state index in [0.717, 1.165) is 18.9 Å². The van der Waals surface area contributed by atoms with Gasteiger partial charge in [0.15, 0.2) is 0 Å². The minimum Gasteiger partial charge on any atom is -0.377 e. The van der Waals surface area contributed by atoms with Gasteiger partial charge in [0.2, 0.25) is 0 Å². The maximum absolute atomic E-state index is 6.26. The topological polar surface area (TPSA) is 53.7 Å². The lowest BCUT2D eigenvalue weighted by Gasteiger charge is -2.25. The van der Waals surface area contributed by atoms with E-state index in [1.165, 1.54) is 103 Å². The first kappa shape index (κ1) is 29.1. The molecule has 0 heterocycles. The Hall–Kier alpha value is 0.0569. The number of rotatable bonds is 23. The van der Waals surface area contributed by atoms with Crippen LogP contribution in [-0.2, 0) is 13.3 Å². The summed E-state index contributed by atoms with van der Waals surface area (Å²) in [5.41, 5.74) is 6.26. The van der Waals surface area contributed by atoms with Crippen molar-refractivity contribution in [2.24, 2.45) is 5.73 Å². The molecule has 0 aromatic rings. The van der Waals surface area contributed by atoms with Gasteiger partial charge in [-0.05, 0) is 12.8 Å². The molecule has 0 aliphatic carbocycles. The van der Waals surface area contributed by atoms with Gasteiger partial charge in [0.25, 0.3) is 0 Å². The molecule has 29 heavy (non-hydrogen) atoms. The molecule has 1 unspecified atom stereocenters. The molecule has 5 heteroatoms. The van der Waals surface area contributed by atoms with Crippen LogP contribution in [0.1, 0.15) is 122 Å². The fourth-order valence-electron chi connectivity index (χ4n) is 4.02. The molecule has 0 aromatic carbocycles. The van der Waals surface area contributed by atoms with Crippen molar-refractivity contribution in [1.29, 1.82) is 0 Å². The Labute approximate surface area is 184 Å². The quantitative estimate of drug-likeness (QED) is 0.137. The Kier molecular flexibility index (Phi) is 21.3. The van der Waals surface area contributed by atoms with Crippen molar-refractivity contribution in [3.63, 3.8) is 0 Å². The standard InChI is InChI=1S/C24H53NO3Si/c1-5-6-7-8-9-10-11-12-13-14-15-16-17-18-19-20-21-24(25)22-23-29(26-2,27-3)28-4/h24H,5-23,25H2,1-4H3. The molecular formula is C24H53NO3Si. The highest BCUT2D eigenvalue weighted by Crippen LogP contribution is 2.18. The van der Waals surface area contributed by atoms with Gasteiger partial charge >= 0.3 is 8.80 Å². The lowest BCUT2D eigenvalue weighted by atomic mass is 10.0. The summed E-state index contributed by atoms with van der Waals surface area (Å²) >= 11 is 0. The van der Waals surface area contributed by atoms with Gasteiger partial charge in [0.05, 0.1) is 0 Å². The van der Waals surface area contributed by atoms with Gasteiger partial charge in [-0.1, -0.05) is 110 Å². The molecule has 0 amide bonds. The van der Waals surface area contributed by atoms with Gasteiger partial charge < -0.3 is 19.0 Å². The molecule has 0 radical (unpaired) electrons. The fourth-order valence-corrected chi connectivity index (χ4v) is 5.85. The van der Waals surface area contributed by atoms with Crippen molar-refractivity contribution >= 4 is 8.80 Å². The molecule has 0 fully saturated rings. The van der Waals surface area contributed by atoms with Gasteiger partial charge in [-0.3, -0.25) is 0 Å². The molecule has 0 aromatic heterocycles. The summed E-state index contributed by atoms with van der Waals surface area (Å²) < 4.78 is 16.4. The molecule has 0 saturated heterocycles. The van der Waals surface area contributed by atoms with E-state index in [4.69, 9.17) is 19.0 Å². The van der Waals surface area contributed by atoms with Crippen molar-refractivity contribution in [3.05, 3.63) is 0 Å². The zero-order valence-electron chi connectivity index (χ0n) is 20.3. The minimum absolute atomic E-state index is 0.231. The van der Waals surface area contributed by atoms with Gasteiger partial charge in [0.1, 0.15) is 0 Å². The van der Waals surface area contributed by atoms with Crippen molar-refractivity contribution in [2.45, 2.75) is 135 Å². The Morgan fingerprint density at radius 1 is 0.552 bits per heavy atom. The predicted molar refractivity (Wildman–Crippen MR) is 128 cm³/mol. The molecule has 0 saturated carbocycles. The average molecular weight is 432 g/mol. The van der Waals surface area contributed by atoms with E-state index >= 15 is 0 Å². The zero-order chi connectivity index (χ0) is 21.6. The molecule has 0 aliphatic heterocycles. The van der Waals surface area contributed by atoms with Gasteiger partial charge in [0, 0.05) is 33.4 Å². The first-order chi connectivity index (χ1) is 14.1. The maximum atomic E-state index is 6.26. The van der Waals surface area contributed by atoms with Crippen molar-refractivity contribution in [3.8, 4) is 0 Å². The third-order valence-electron chi connectivity index (χ3n) is 6.18. The first-order valence-corrected chi connectivity index (χ1v) is 14.5. The second kappa shape index (κ2) is 21.3. The summed E-state index contributed by atoms with van der Waals surface area (Å²) in [7, 11) is 2.55. The number of nitrogens with two attached hydrogens (primary N) is 1. The Morgan fingerprint density at radius 3 is 1.24 bits per heavy atom. The fraction of sp³-hybridized carbons (Fsp3) is 1.00. The minimum atomic E-state index is -2.45. The van der Waals surface area contributed by atoms with E-state index < -0.39 is 8.80 Å². The molecule has 4 nitrogen and oxygen atoms in total. The molecule has 0 aliphatic rings. The van der Waals surface area contributed by atoms with Crippen molar-refractivity contribution in [1.82, 2.24) is 0 Å². The average Bonchev–Trinajstić information content (AvgIpc) is 2.75. The third-order valence-corrected chi connectivity index (χ3v) is 8.95. The Bertz CT molecular complexity index is 319. The molecule has 1 atom stereocenters. The van der Waals surface area contributed by atoms with E-state index in [2.05, 4.69) is 6.92 Å². The predicted octanol–water partition coefficient (Wildman–Crippen LogP) is 7.23. The van der Waals surface area contributed by atoms with Crippen LogP contribution in [0.5, 0.6) is 0 Å². The lowest BCUT2D eigenvalue weighted by Crippen LogP contribution is -2.43. The van der Waals surface area contributed by atoms with E-state index in [9.17, 15) is 0 Å². The second-order valence-electron chi connectivity index (χ2n) is 8.69. The van der Waals surface area contributed by atoms with Crippen molar-refractivity contribution in [2.75, 3.05) is 21.3 Å². The van der Waals surface area contributed by atoms with Crippen LogP contribution in [-0.4, -0.2) is 36.2 Å². The summed E-state index contributed by atoms with van der Waals surface area (Å²) in [5.74, 6) is 0. The first-order valence-electron chi connectivity index (χ1n) is 12.5. The van der Waals surface area contributed by atoms with Crippen LogP contribution in [0.3, 0.4) is 0 Å². The smallest absolute Gasteiger partial charge is 0.377 e. The monoisotopic (exact) mass is 431 g/mol. The van der Waals surface area contributed by atoms with E-state index in [1.54, 1.807) is 21.3 Å². The summed E-state index contributed by atoms with van der Waals surface area (Å²) in [6.45, 7) is 2.29. The highest BCUT2D eigenvalue weighted by atomic mass is 28.4. The van der Waals surface area contributed by atoms with Gasteiger partial charge in [-0.15, -0.1) is 0 Å². The maximum Gasteiger partial charge on any atom is 0.500 e. The van der Waals surface area contributed by atoms with E-state index in [-0.39, 0.29) is 6.04 Å². The SMILES string of the molecule is CCCCCCCCCCCCCCCCCCC(N)CC[Si](OC)(OC)OC. The number of hydrogen-bond donors (Lipinski definition) is 1. The lowest BCUT2D eigenvalue weighted by molar-refractivity contribution is 0.122. The van der Waals surface area contributed by atoms with Crippen LogP contribution >= 0.6 is 0 Å². The largest absolute Gasteiger partial charge is 0.500 e. The normalized spacial score (nSPS) is 13.1. The summed E-state index contributed by atoms with van der Waals surface area (Å²) in [6, 6.07) is 1.03. The highest BCUT2D eigenvalue weighted by molar-refractivity contribution is 6.60. The zero-order valence-corrected chi connectivity index (χ0v) is 21.3. The Balaban J connectivity index is 3.32. The molecule has 0 spiro atoms. The van der Waals surface area contributed by atoms with Crippen molar-refractivity contribution < 1.29 is 13.3 Å². The summed E-state index contributed by atoms with van der Waals surface area (Å²) in [5, 5.41) is 0. The van der Waals surface area contributed by atoms with E-state index in [1.807, 2.05) is 0 Å². The molecule has 2 N–H and O–H groups in total. The summed E-state index contributed by atoms with van der Waals surface area (Å²) in [6.07, 6.45) is 24.5. The van der Waals surface area contributed by atoms with Crippen LogP contribution in [0.25, 0.3) is 0 Å². The van der Waals surface area contributed by atoms with Crippen LogP contribution in [0.4, 0.5) is 0 Å². The molecular weight excluding hydrogens is 378 g/mol. The van der Waals surface area contributed by atoms with Crippen LogP contribution in [0.2, 0.25) is 6.04 Å². The van der Waals surface area contributed by atoms with E-state index in [0.29, 0.717) is 0 Å². The molecule has 0 bridgehead atoms. The highest BCUT2D eigenvalue weighted by Gasteiger charge is 2.37. The van der Waals surface area contributed by atoms with Gasteiger partial charge in [-0.2, -0.15) is 0 Å². The summed E-state index contributed by atoms with van der Waals surface area (Å²) in [4.78, 5) is 0. The number of hydrogen-bond acceptors (Lipinski definition) is 4. The number of unbranched alkanes of at least 4 members (excludes halogenated alkanes) is 15. The Morgan fingerprint density at radius 2 is 0.897 bits per heavy atom. The van der Waals surface area contributed by atoms with Crippen LogP contribution in [0.15, 0.2) is 0 Å². The second-order valence-corrected chi connectivity index (χ2v) is 11.8. The molecule has 176 valence electrons. The molecule has 0 rings (SSSR count). The third kappa shape index (κ3) is 17.4. The van der Waals surface area contributed by atoms with Crippen LogP contribution < -0.4 is 5.73 Å². The van der Waals surface area contributed by atoms with Gasteiger partial charge in [-0.25, -0.2) is 0 Å². The van der Waals surface area contributed by atoms with Crippen LogP contribution in [0, 0.1) is 0 Å².